The van der Waals surface area contributed by atoms with Gasteiger partial charge in [-0.15, -0.1) is 0 Å². The monoisotopic (exact) mass is 358 g/mol. The van der Waals surface area contributed by atoms with E-state index < -0.39 is 12.1 Å². The van der Waals surface area contributed by atoms with Crippen LogP contribution in [0, 0.1) is 5.92 Å². The Morgan fingerprint density at radius 1 is 1.20 bits per heavy atom. The van der Waals surface area contributed by atoms with Gasteiger partial charge in [0.1, 0.15) is 5.75 Å². The summed E-state index contributed by atoms with van der Waals surface area (Å²) in [7, 11) is 1.59. The van der Waals surface area contributed by atoms with Crippen LogP contribution in [0.1, 0.15) is 18.4 Å². The molecule has 1 aromatic rings. The van der Waals surface area contributed by atoms with E-state index in [0.29, 0.717) is 13.0 Å². The van der Waals surface area contributed by atoms with E-state index in [1.165, 1.54) is 0 Å². The molecule has 0 aromatic heterocycles. The van der Waals surface area contributed by atoms with Crippen molar-refractivity contribution in [3.8, 4) is 5.75 Å². The predicted octanol–water partition coefficient (Wildman–Crippen LogP) is 2.15. The van der Waals surface area contributed by atoms with Crippen molar-refractivity contribution in [1.82, 2.24) is 10.2 Å². The van der Waals surface area contributed by atoms with E-state index in [4.69, 9.17) is 4.74 Å². The number of carbonyl (C=O) groups is 2. The summed E-state index contributed by atoms with van der Waals surface area (Å²) in [5.41, 5.74) is 1.05. The molecule has 1 heterocycles. The average molecular weight is 358 g/mol. The summed E-state index contributed by atoms with van der Waals surface area (Å²) in [4.78, 5) is 24.0. The number of nitrogens with one attached hydrogen (secondary N) is 1. The number of methoxy groups -OCH3 is 1. The molecule has 2 amide bonds. The molecule has 5 nitrogen and oxygen atoms in total. The Hall–Kier alpha value is -2.25. The lowest BCUT2D eigenvalue weighted by Gasteiger charge is -2.31. The number of nitrogens with zero attached hydrogens (tertiary/aromatic N) is 1. The second-order valence-electron chi connectivity index (χ2n) is 5.95. The van der Waals surface area contributed by atoms with Crippen molar-refractivity contribution in [2.24, 2.45) is 5.92 Å². The number of carbonyl (C=O) groups excluding carboxylic acids is 2. The van der Waals surface area contributed by atoms with Crippen LogP contribution in [0.3, 0.4) is 0 Å². The molecule has 1 fully saturated rings. The maximum atomic E-state index is 12.4. The molecule has 1 N–H and O–H groups in total. The standard InChI is InChI=1S/C17H21F3N2O3/c1-25-14-4-2-12(3-5-14)6-9-21-15(23)13-7-10-22(11-8-13)16(24)17(18,19)20/h2-5,13H,6-11H2,1H3,(H,21,23). The molecule has 0 aliphatic carbocycles. The summed E-state index contributed by atoms with van der Waals surface area (Å²) < 4.78 is 42.2. The number of benzene rings is 1. The zero-order valence-electron chi connectivity index (χ0n) is 13.9. The molecule has 8 heteroatoms. The van der Waals surface area contributed by atoms with Crippen LogP contribution in [0.5, 0.6) is 5.75 Å². The first kappa shape index (κ1) is 19.1. The molecule has 25 heavy (non-hydrogen) atoms. The smallest absolute Gasteiger partial charge is 0.471 e. The third-order valence-corrected chi connectivity index (χ3v) is 4.27. The Morgan fingerprint density at radius 3 is 2.32 bits per heavy atom. The number of rotatable bonds is 5. The predicted molar refractivity (Wildman–Crippen MR) is 85.1 cm³/mol. The zero-order chi connectivity index (χ0) is 18.4. The summed E-state index contributed by atoms with van der Waals surface area (Å²) in [6.07, 6.45) is -3.71. The fourth-order valence-corrected chi connectivity index (χ4v) is 2.79. The van der Waals surface area contributed by atoms with Crippen LogP contribution >= 0.6 is 0 Å². The van der Waals surface area contributed by atoms with E-state index >= 15 is 0 Å². The quantitative estimate of drug-likeness (QED) is 0.878. The van der Waals surface area contributed by atoms with Crippen molar-refractivity contribution < 1.29 is 27.5 Å². The number of halogens is 3. The molecular formula is C17H21F3N2O3. The number of hydrogen-bond acceptors (Lipinski definition) is 3. The van der Waals surface area contributed by atoms with Gasteiger partial charge < -0.3 is 15.0 Å². The van der Waals surface area contributed by atoms with Gasteiger partial charge in [-0.1, -0.05) is 12.1 Å². The number of amides is 2. The van der Waals surface area contributed by atoms with Gasteiger partial charge in [0, 0.05) is 25.6 Å². The van der Waals surface area contributed by atoms with Crippen LogP contribution in [0.2, 0.25) is 0 Å². The van der Waals surface area contributed by atoms with E-state index in [-0.39, 0.29) is 37.8 Å². The SMILES string of the molecule is COc1ccc(CCNC(=O)C2CCN(C(=O)C(F)(F)F)CC2)cc1. The van der Waals surface area contributed by atoms with Gasteiger partial charge in [-0.3, -0.25) is 9.59 Å². The molecular weight excluding hydrogens is 337 g/mol. The molecule has 2 rings (SSSR count). The van der Waals surface area contributed by atoms with Gasteiger partial charge in [-0.25, -0.2) is 0 Å². The highest BCUT2D eigenvalue weighted by atomic mass is 19.4. The number of piperidine rings is 1. The molecule has 1 aromatic carbocycles. The summed E-state index contributed by atoms with van der Waals surface area (Å²) in [6, 6.07) is 7.49. The molecule has 0 atom stereocenters. The molecule has 1 saturated heterocycles. The lowest BCUT2D eigenvalue weighted by Crippen LogP contribution is -2.47. The Labute approximate surface area is 144 Å². The van der Waals surface area contributed by atoms with Crippen molar-refractivity contribution >= 4 is 11.8 Å². The van der Waals surface area contributed by atoms with Crippen LogP contribution in [0.25, 0.3) is 0 Å². The number of hydrogen-bond donors (Lipinski definition) is 1. The Morgan fingerprint density at radius 2 is 1.80 bits per heavy atom. The van der Waals surface area contributed by atoms with Crippen molar-refractivity contribution in [3.05, 3.63) is 29.8 Å². The normalized spacial score (nSPS) is 15.8. The van der Waals surface area contributed by atoms with Gasteiger partial charge in [0.05, 0.1) is 7.11 Å². The number of alkyl halides is 3. The minimum atomic E-state index is -4.85. The lowest BCUT2D eigenvalue weighted by atomic mass is 9.95. The minimum Gasteiger partial charge on any atom is -0.497 e. The molecule has 138 valence electrons. The van der Waals surface area contributed by atoms with E-state index in [2.05, 4.69) is 5.32 Å². The van der Waals surface area contributed by atoms with Gasteiger partial charge in [-0.05, 0) is 37.0 Å². The summed E-state index contributed by atoms with van der Waals surface area (Å²) in [5, 5.41) is 2.81. The largest absolute Gasteiger partial charge is 0.497 e. The third kappa shape index (κ3) is 5.37. The van der Waals surface area contributed by atoms with E-state index in [9.17, 15) is 22.8 Å². The molecule has 0 unspecified atom stereocenters. The van der Waals surface area contributed by atoms with Crippen LogP contribution in [0.4, 0.5) is 13.2 Å². The second kappa shape index (κ2) is 8.22. The molecule has 0 spiro atoms. The zero-order valence-corrected chi connectivity index (χ0v) is 13.9. The van der Waals surface area contributed by atoms with Gasteiger partial charge in [0.2, 0.25) is 5.91 Å². The highest BCUT2D eigenvalue weighted by Crippen LogP contribution is 2.24. The average Bonchev–Trinajstić information content (AvgIpc) is 2.61. The van der Waals surface area contributed by atoms with Crippen LogP contribution in [-0.4, -0.2) is 49.6 Å². The van der Waals surface area contributed by atoms with Gasteiger partial charge in [0.25, 0.3) is 0 Å². The van der Waals surface area contributed by atoms with E-state index in [0.717, 1.165) is 16.2 Å². The Kier molecular flexibility index (Phi) is 6.27. The van der Waals surface area contributed by atoms with E-state index in [1.807, 2.05) is 24.3 Å². The van der Waals surface area contributed by atoms with Gasteiger partial charge in [-0.2, -0.15) is 13.2 Å². The summed E-state index contributed by atoms with van der Waals surface area (Å²) in [5.74, 6) is -1.60. The third-order valence-electron chi connectivity index (χ3n) is 4.27. The number of likely N-dealkylation sites (tertiary alicyclic amines) is 1. The van der Waals surface area contributed by atoms with Crippen molar-refractivity contribution in [2.45, 2.75) is 25.4 Å². The first-order chi connectivity index (χ1) is 11.8. The molecule has 0 radical (unpaired) electrons. The minimum absolute atomic E-state index is 0.0467. The second-order valence-corrected chi connectivity index (χ2v) is 5.95. The Balaban J connectivity index is 1.72. The van der Waals surface area contributed by atoms with Crippen molar-refractivity contribution in [1.29, 1.82) is 0 Å². The van der Waals surface area contributed by atoms with E-state index in [1.54, 1.807) is 7.11 Å². The van der Waals surface area contributed by atoms with Gasteiger partial charge in [0.15, 0.2) is 0 Å². The lowest BCUT2D eigenvalue weighted by molar-refractivity contribution is -0.186. The first-order valence-electron chi connectivity index (χ1n) is 8.08. The van der Waals surface area contributed by atoms with Gasteiger partial charge >= 0.3 is 12.1 Å². The van der Waals surface area contributed by atoms with Crippen molar-refractivity contribution in [3.63, 3.8) is 0 Å². The van der Waals surface area contributed by atoms with Crippen molar-refractivity contribution in [2.75, 3.05) is 26.7 Å². The summed E-state index contributed by atoms with van der Waals surface area (Å²) >= 11 is 0. The molecule has 1 aliphatic heterocycles. The fraction of sp³-hybridized carbons (Fsp3) is 0.529. The van der Waals surface area contributed by atoms with Crippen LogP contribution < -0.4 is 10.1 Å². The highest BCUT2D eigenvalue weighted by molar-refractivity contribution is 5.83. The fourth-order valence-electron chi connectivity index (χ4n) is 2.79. The van der Waals surface area contributed by atoms with Crippen LogP contribution in [0.15, 0.2) is 24.3 Å². The molecule has 1 aliphatic rings. The topological polar surface area (TPSA) is 58.6 Å². The van der Waals surface area contributed by atoms with Crippen LogP contribution in [-0.2, 0) is 16.0 Å². The number of ether oxygens (including phenoxy) is 1. The summed E-state index contributed by atoms with van der Waals surface area (Å²) in [6.45, 7) is 0.358. The highest BCUT2D eigenvalue weighted by Gasteiger charge is 2.43. The maximum absolute atomic E-state index is 12.4. The molecule has 0 bridgehead atoms. The maximum Gasteiger partial charge on any atom is 0.471 e. The molecule has 0 saturated carbocycles. The first-order valence-corrected chi connectivity index (χ1v) is 8.08. The Bertz CT molecular complexity index is 594.